The molecule has 1 aromatic carbocycles. The first-order chi connectivity index (χ1) is 10.1. The number of nitrogens with zero attached hydrogens (tertiary/aromatic N) is 1. The van der Waals surface area contributed by atoms with Crippen molar-refractivity contribution in [2.75, 3.05) is 13.1 Å². The van der Waals surface area contributed by atoms with Crippen molar-refractivity contribution in [2.24, 2.45) is 5.92 Å². The number of fused-ring (bicyclic) bond motifs is 1. The van der Waals surface area contributed by atoms with Gasteiger partial charge < -0.3 is 5.32 Å². The third-order valence-corrected chi connectivity index (χ3v) is 5.38. The molecule has 0 amide bonds. The van der Waals surface area contributed by atoms with Crippen LogP contribution in [-0.4, -0.2) is 30.1 Å². The van der Waals surface area contributed by atoms with E-state index in [1.807, 2.05) is 0 Å². The number of benzene rings is 1. The third kappa shape index (κ3) is 3.49. The normalized spacial score (nSPS) is 26.9. The molecule has 2 unspecified atom stereocenters. The van der Waals surface area contributed by atoms with E-state index >= 15 is 0 Å². The van der Waals surface area contributed by atoms with E-state index in [0.717, 1.165) is 13.1 Å². The van der Waals surface area contributed by atoms with E-state index in [1.165, 1.54) is 37.8 Å². The van der Waals surface area contributed by atoms with Gasteiger partial charge in [-0.05, 0) is 61.8 Å². The molecule has 3 rings (SSSR count). The van der Waals surface area contributed by atoms with Gasteiger partial charge in [0.25, 0.3) is 0 Å². The molecule has 1 heterocycles. The zero-order valence-corrected chi connectivity index (χ0v) is 13.9. The maximum Gasteiger partial charge on any atom is 0.0237 e. The van der Waals surface area contributed by atoms with Gasteiger partial charge in [0, 0.05) is 25.2 Å². The highest BCUT2D eigenvalue weighted by Gasteiger charge is 2.24. The minimum absolute atomic E-state index is 0.629. The molecule has 0 saturated carbocycles. The molecule has 0 spiro atoms. The fraction of sp³-hybridized carbons (Fsp3) is 0.684. The molecule has 2 heteroatoms. The second-order valence-corrected chi connectivity index (χ2v) is 7.33. The fourth-order valence-electron chi connectivity index (χ4n) is 3.78. The first-order valence-corrected chi connectivity index (χ1v) is 8.71. The lowest BCUT2D eigenvalue weighted by atomic mass is 10.0. The van der Waals surface area contributed by atoms with Gasteiger partial charge in [-0.25, -0.2) is 0 Å². The standard InChI is InChI=1S/C19H30N2/c1-14(2)19-13-21(15(3)9-10-20-19)12-16-7-8-17-5-4-6-18(17)11-16/h7-8,11,14-15,19-20H,4-6,9-10,12-13H2,1-3H3. The van der Waals surface area contributed by atoms with E-state index in [1.54, 1.807) is 11.1 Å². The van der Waals surface area contributed by atoms with Crippen LogP contribution in [0.4, 0.5) is 0 Å². The number of aryl methyl sites for hydroxylation is 2. The average Bonchev–Trinajstić information content (AvgIpc) is 2.84. The Bertz CT molecular complexity index is 480. The van der Waals surface area contributed by atoms with Crippen molar-refractivity contribution in [1.82, 2.24) is 10.2 Å². The molecule has 1 N–H and O–H groups in total. The van der Waals surface area contributed by atoms with Gasteiger partial charge in [-0.3, -0.25) is 4.90 Å². The lowest BCUT2D eigenvalue weighted by Gasteiger charge is -2.30. The Kier molecular flexibility index (Phi) is 4.66. The molecule has 21 heavy (non-hydrogen) atoms. The Morgan fingerprint density at radius 2 is 2.05 bits per heavy atom. The predicted molar refractivity (Wildman–Crippen MR) is 89.6 cm³/mol. The molecular weight excluding hydrogens is 256 g/mol. The molecule has 116 valence electrons. The Morgan fingerprint density at radius 1 is 1.24 bits per heavy atom. The summed E-state index contributed by atoms with van der Waals surface area (Å²) in [5.74, 6) is 0.706. The van der Waals surface area contributed by atoms with Gasteiger partial charge in [0.05, 0.1) is 0 Å². The molecule has 0 aromatic heterocycles. The Morgan fingerprint density at radius 3 is 2.86 bits per heavy atom. The van der Waals surface area contributed by atoms with Crippen LogP contribution in [0.25, 0.3) is 0 Å². The minimum atomic E-state index is 0.629. The van der Waals surface area contributed by atoms with Gasteiger partial charge >= 0.3 is 0 Å². The molecule has 2 atom stereocenters. The van der Waals surface area contributed by atoms with Gasteiger partial charge in [0.15, 0.2) is 0 Å². The van der Waals surface area contributed by atoms with Crippen molar-refractivity contribution in [2.45, 2.75) is 65.1 Å². The van der Waals surface area contributed by atoms with Gasteiger partial charge in [0.1, 0.15) is 0 Å². The van der Waals surface area contributed by atoms with Crippen molar-refractivity contribution >= 4 is 0 Å². The number of rotatable bonds is 3. The summed E-state index contributed by atoms with van der Waals surface area (Å²) in [5, 5.41) is 3.73. The van der Waals surface area contributed by atoms with E-state index in [9.17, 15) is 0 Å². The molecule has 1 saturated heterocycles. The Labute approximate surface area is 129 Å². The summed E-state index contributed by atoms with van der Waals surface area (Å²) < 4.78 is 0. The van der Waals surface area contributed by atoms with Crippen LogP contribution in [0.1, 0.15) is 50.3 Å². The van der Waals surface area contributed by atoms with Crippen molar-refractivity contribution < 1.29 is 0 Å². The van der Waals surface area contributed by atoms with E-state index in [0.29, 0.717) is 18.0 Å². The van der Waals surface area contributed by atoms with Crippen LogP contribution < -0.4 is 5.32 Å². The lowest BCUT2D eigenvalue weighted by molar-refractivity contribution is 0.184. The summed E-state index contributed by atoms with van der Waals surface area (Å²) in [6.45, 7) is 10.5. The first kappa shape index (κ1) is 15.1. The largest absolute Gasteiger partial charge is 0.312 e. The Hall–Kier alpha value is -0.860. The highest BCUT2D eigenvalue weighted by Crippen LogP contribution is 2.24. The smallest absolute Gasteiger partial charge is 0.0237 e. The zero-order chi connectivity index (χ0) is 14.8. The highest BCUT2D eigenvalue weighted by atomic mass is 15.2. The molecule has 0 radical (unpaired) electrons. The summed E-state index contributed by atoms with van der Waals surface area (Å²) in [6.07, 6.45) is 5.18. The number of hydrogen-bond acceptors (Lipinski definition) is 2. The summed E-state index contributed by atoms with van der Waals surface area (Å²) in [7, 11) is 0. The van der Waals surface area contributed by atoms with Crippen molar-refractivity contribution in [3.05, 3.63) is 34.9 Å². The van der Waals surface area contributed by atoms with E-state index in [2.05, 4.69) is 49.2 Å². The van der Waals surface area contributed by atoms with Gasteiger partial charge in [0.2, 0.25) is 0 Å². The molecule has 0 bridgehead atoms. The molecule has 1 fully saturated rings. The van der Waals surface area contributed by atoms with Crippen LogP contribution in [0.15, 0.2) is 18.2 Å². The SMILES string of the molecule is CC(C)C1CN(Cc2ccc3c(c2)CCC3)C(C)CCN1. The van der Waals surface area contributed by atoms with Gasteiger partial charge in [-0.2, -0.15) is 0 Å². The maximum atomic E-state index is 3.73. The number of nitrogens with one attached hydrogen (secondary N) is 1. The predicted octanol–water partition coefficient (Wildman–Crippen LogP) is 3.38. The minimum Gasteiger partial charge on any atom is -0.312 e. The van der Waals surface area contributed by atoms with Crippen LogP contribution in [0.3, 0.4) is 0 Å². The lowest BCUT2D eigenvalue weighted by Crippen LogP contribution is -2.42. The molecule has 1 aromatic rings. The van der Waals surface area contributed by atoms with Crippen molar-refractivity contribution in [3.63, 3.8) is 0 Å². The summed E-state index contributed by atoms with van der Waals surface area (Å²) in [6, 6.07) is 8.51. The molecule has 1 aliphatic carbocycles. The van der Waals surface area contributed by atoms with E-state index in [4.69, 9.17) is 0 Å². The number of hydrogen-bond donors (Lipinski definition) is 1. The van der Waals surface area contributed by atoms with E-state index < -0.39 is 0 Å². The monoisotopic (exact) mass is 286 g/mol. The molecule has 2 nitrogen and oxygen atoms in total. The second kappa shape index (κ2) is 6.50. The van der Waals surface area contributed by atoms with Crippen LogP contribution in [-0.2, 0) is 19.4 Å². The molecular formula is C19H30N2. The summed E-state index contributed by atoms with van der Waals surface area (Å²) in [5.41, 5.74) is 4.70. The molecule has 1 aliphatic heterocycles. The van der Waals surface area contributed by atoms with Gasteiger partial charge in [-0.15, -0.1) is 0 Å². The fourth-order valence-corrected chi connectivity index (χ4v) is 3.78. The topological polar surface area (TPSA) is 15.3 Å². The van der Waals surface area contributed by atoms with Crippen molar-refractivity contribution in [1.29, 1.82) is 0 Å². The average molecular weight is 286 g/mol. The maximum absolute atomic E-state index is 3.73. The quantitative estimate of drug-likeness (QED) is 0.916. The second-order valence-electron chi connectivity index (χ2n) is 7.33. The highest BCUT2D eigenvalue weighted by molar-refractivity contribution is 5.35. The van der Waals surface area contributed by atoms with Crippen LogP contribution >= 0.6 is 0 Å². The van der Waals surface area contributed by atoms with Crippen LogP contribution in [0.2, 0.25) is 0 Å². The van der Waals surface area contributed by atoms with E-state index in [-0.39, 0.29) is 0 Å². The van der Waals surface area contributed by atoms with Crippen LogP contribution in [0.5, 0.6) is 0 Å². The summed E-state index contributed by atoms with van der Waals surface area (Å²) in [4.78, 5) is 2.68. The Balaban J connectivity index is 1.72. The van der Waals surface area contributed by atoms with Crippen LogP contribution in [0, 0.1) is 5.92 Å². The van der Waals surface area contributed by atoms with Crippen molar-refractivity contribution in [3.8, 4) is 0 Å². The molecule has 2 aliphatic rings. The zero-order valence-electron chi connectivity index (χ0n) is 13.9. The first-order valence-electron chi connectivity index (χ1n) is 8.71. The third-order valence-electron chi connectivity index (χ3n) is 5.38. The summed E-state index contributed by atoms with van der Waals surface area (Å²) >= 11 is 0. The van der Waals surface area contributed by atoms with Gasteiger partial charge in [-0.1, -0.05) is 32.0 Å².